The van der Waals surface area contributed by atoms with Crippen molar-refractivity contribution in [3.8, 4) is 0 Å². The van der Waals surface area contributed by atoms with Crippen LogP contribution in [0.1, 0.15) is 19.3 Å². The van der Waals surface area contributed by atoms with Crippen molar-refractivity contribution in [3.05, 3.63) is 23.2 Å². The van der Waals surface area contributed by atoms with E-state index < -0.39 is 10.0 Å². The number of benzene rings is 1. The molecule has 4 rings (SSSR count). The highest BCUT2D eigenvalue weighted by atomic mass is 35.5. The third-order valence-corrected chi connectivity index (χ3v) is 7.90. The zero-order valence-electron chi connectivity index (χ0n) is 17.3. The zero-order chi connectivity index (χ0) is 21.1. The van der Waals surface area contributed by atoms with E-state index in [1.807, 2.05) is 18.2 Å². The second-order valence-electron chi connectivity index (χ2n) is 8.03. The maximum atomic E-state index is 12.7. The first kappa shape index (κ1) is 21.5. The van der Waals surface area contributed by atoms with Crippen LogP contribution in [-0.4, -0.2) is 86.2 Å². The summed E-state index contributed by atoms with van der Waals surface area (Å²) in [5.41, 5.74) is 0.796. The molecule has 10 heteroatoms. The Morgan fingerprint density at radius 3 is 2.50 bits per heavy atom. The van der Waals surface area contributed by atoms with Gasteiger partial charge in [0, 0.05) is 56.2 Å². The molecule has 0 spiro atoms. The predicted octanol–water partition coefficient (Wildman–Crippen LogP) is 2.26. The molecule has 1 aromatic carbocycles. The summed E-state index contributed by atoms with van der Waals surface area (Å²) in [5, 5.41) is 4.65. The summed E-state index contributed by atoms with van der Waals surface area (Å²) in [6.07, 6.45) is 2.99. The molecule has 2 fully saturated rings. The number of nitrogens with zero attached hydrogens (tertiary/aromatic N) is 5. The average molecular weight is 453 g/mol. The average Bonchev–Trinajstić information content (AvgIpc) is 2.75. The van der Waals surface area contributed by atoms with Gasteiger partial charge in [0.2, 0.25) is 16.0 Å². The molecule has 0 radical (unpaired) electrons. The van der Waals surface area contributed by atoms with Gasteiger partial charge in [-0.1, -0.05) is 18.0 Å². The van der Waals surface area contributed by atoms with E-state index in [-0.39, 0.29) is 5.75 Å². The van der Waals surface area contributed by atoms with E-state index >= 15 is 0 Å². The van der Waals surface area contributed by atoms with E-state index in [2.05, 4.69) is 22.2 Å². The summed E-state index contributed by atoms with van der Waals surface area (Å²) in [5.74, 6) is 1.34. The van der Waals surface area contributed by atoms with Gasteiger partial charge in [-0.05, 0) is 38.1 Å². The first-order valence-corrected chi connectivity index (χ1v) is 12.5. The molecule has 30 heavy (non-hydrogen) atoms. The fourth-order valence-corrected chi connectivity index (χ4v) is 5.55. The quantitative estimate of drug-likeness (QED) is 0.719. The fraction of sp³-hybridized carbons (Fsp3) is 0.600. The number of halogens is 1. The molecule has 0 unspecified atom stereocenters. The van der Waals surface area contributed by atoms with Gasteiger partial charge in [0.15, 0.2) is 0 Å². The van der Waals surface area contributed by atoms with Crippen LogP contribution in [0, 0.1) is 0 Å². The summed E-state index contributed by atoms with van der Waals surface area (Å²) in [7, 11) is -1.16. The Bertz CT molecular complexity index is 988. The summed E-state index contributed by atoms with van der Waals surface area (Å²) in [6.45, 7) is 5.18. The van der Waals surface area contributed by atoms with Gasteiger partial charge in [-0.2, -0.15) is 4.98 Å². The second kappa shape index (κ2) is 9.21. The number of likely N-dealkylation sites (N-methyl/N-ethyl adjacent to an activating group) is 1. The maximum absolute atomic E-state index is 12.7. The fourth-order valence-electron chi connectivity index (χ4n) is 3.94. The third-order valence-electron chi connectivity index (χ3n) is 5.79. The topological polar surface area (TPSA) is 81.7 Å². The van der Waals surface area contributed by atoms with Crippen LogP contribution in [0.2, 0.25) is 5.02 Å². The van der Waals surface area contributed by atoms with Gasteiger partial charge in [0.25, 0.3) is 0 Å². The minimum atomic E-state index is -3.27. The number of piperazine rings is 1. The van der Waals surface area contributed by atoms with E-state index in [1.165, 1.54) is 0 Å². The molecule has 0 atom stereocenters. The van der Waals surface area contributed by atoms with Gasteiger partial charge in [-0.3, -0.25) is 0 Å². The maximum Gasteiger partial charge on any atom is 0.227 e. The lowest BCUT2D eigenvalue weighted by Crippen LogP contribution is -2.45. The zero-order valence-corrected chi connectivity index (χ0v) is 18.9. The summed E-state index contributed by atoms with van der Waals surface area (Å²) in [4.78, 5) is 13.9. The minimum Gasteiger partial charge on any atom is -0.368 e. The van der Waals surface area contributed by atoms with Gasteiger partial charge in [-0.25, -0.2) is 17.7 Å². The molecule has 1 aromatic heterocycles. The number of piperidine rings is 1. The van der Waals surface area contributed by atoms with Crippen LogP contribution in [0.25, 0.3) is 10.9 Å². The number of hydrogen-bond acceptors (Lipinski definition) is 7. The third kappa shape index (κ3) is 4.96. The van der Waals surface area contributed by atoms with Crippen molar-refractivity contribution < 1.29 is 8.42 Å². The lowest BCUT2D eigenvalue weighted by Gasteiger charge is -2.32. The molecule has 0 aliphatic carbocycles. The lowest BCUT2D eigenvalue weighted by molar-refractivity contribution is 0.311. The predicted molar refractivity (Wildman–Crippen MR) is 122 cm³/mol. The van der Waals surface area contributed by atoms with Crippen molar-refractivity contribution in [1.29, 1.82) is 0 Å². The highest BCUT2D eigenvalue weighted by Crippen LogP contribution is 2.27. The molecule has 2 aliphatic heterocycles. The van der Waals surface area contributed by atoms with Crippen LogP contribution in [0.4, 0.5) is 11.8 Å². The Kier molecular flexibility index (Phi) is 6.62. The van der Waals surface area contributed by atoms with Crippen molar-refractivity contribution >= 4 is 44.3 Å². The first-order chi connectivity index (χ1) is 14.4. The summed E-state index contributed by atoms with van der Waals surface area (Å²) in [6, 6.07) is 5.52. The van der Waals surface area contributed by atoms with Gasteiger partial charge in [0.05, 0.1) is 11.3 Å². The number of anilines is 2. The van der Waals surface area contributed by atoms with Crippen LogP contribution in [0.15, 0.2) is 18.2 Å². The van der Waals surface area contributed by atoms with Crippen molar-refractivity contribution in [2.45, 2.75) is 19.3 Å². The SMILES string of the molecule is CN1CCN(c2nc(NCCS(=O)(=O)N3CCCCC3)c3cc(Cl)ccc3n2)CC1. The number of fused-ring (bicyclic) bond motifs is 1. The standard InChI is InChI=1S/C20H29ClN6O2S/c1-25-10-12-26(13-11-25)20-23-18-6-5-16(21)15-17(18)19(24-20)22-7-14-30(28,29)27-8-3-2-4-9-27/h5-6,15H,2-4,7-14H2,1H3,(H,22,23,24). The molecule has 0 bridgehead atoms. The Morgan fingerprint density at radius 1 is 1.03 bits per heavy atom. The molecule has 8 nitrogen and oxygen atoms in total. The second-order valence-corrected chi connectivity index (χ2v) is 10.6. The summed E-state index contributed by atoms with van der Waals surface area (Å²) >= 11 is 6.20. The Morgan fingerprint density at radius 2 is 1.77 bits per heavy atom. The molecule has 0 saturated carbocycles. The molecule has 2 aromatic rings. The van der Waals surface area contributed by atoms with E-state index in [4.69, 9.17) is 21.6 Å². The van der Waals surface area contributed by atoms with E-state index in [1.54, 1.807) is 4.31 Å². The molecule has 1 N–H and O–H groups in total. The van der Waals surface area contributed by atoms with Crippen molar-refractivity contribution in [3.63, 3.8) is 0 Å². The number of hydrogen-bond donors (Lipinski definition) is 1. The first-order valence-electron chi connectivity index (χ1n) is 10.5. The Balaban J connectivity index is 1.53. The van der Waals surface area contributed by atoms with Gasteiger partial charge < -0.3 is 15.1 Å². The number of aromatic nitrogens is 2. The molecular formula is C20H29ClN6O2S. The minimum absolute atomic E-state index is 0.0445. The van der Waals surface area contributed by atoms with Crippen LogP contribution in [0.3, 0.4) is 0 Å². The van der Waals surface area contributed by atoms with Crippen LogP contribution in [0.5, 0.6) is 0 Å². The van der Waals surface area contributed by atoms with Crippen LogP contribution >= 0.6 is 11.6 Å². The largest absolute Gasteiger partial charge is 0.368 e. The van der Waals surface area contributed by atoms with Crippen molar-refractivity contribution in [2.24, 2.45) is 0 Å². The monoisotopic (exact) mass is 452 g/mol. The number of sulfonamides is 1. The van der Waals surface area contributed by atoms with Crippen LogP contribution in [-0.2, 0) is 10.0 Å². The molecular weight excluding hydrogens is 424 g/mol. The van der Waals surface area contributed by atoms with Gasteiger partial charge in [0.1, 0.15) is 5.82 Å². The lowest BCUT2D eigenvalue weighted by atomic mass is 10.2. The Hall–Kier alpha value is -1.68. The van der Waals surface area contributed by atoms with Crippen molar-refractivity contribution in [2.75, 3.05) is 68.8 Å². The summed E-state index contributed by atoms with van der Waals surface area (Å²) < 4.78 is 26.9. The molecule has 3 heterocycles. The highest BCUT2D eigenvalue weighted by Gasteiger charge is 2.24. The van der Waals surface area contributed by atoms with E-state index in [0.29, 0.717) is 36.4 Å². The molecule has 2 saturated heterocycles. The van der Waals surface area contributed by atoms with Gasteiger partial charge >= 0.3 is 0 Å². The molecule has 0 amide bonds. The highest BCUT2D eigenvalue weighted by molar-refractivity contribution is 7.89. The van der Waals surface area contributed by atoms with Crippen LogP contribution < -0.4 is 10.2 Å². The van der Waals surface area contributed by atoms with Gasteiger partial charge in [-0.15, -0.1) is 0 Å². The molecule has 2 aliphatic rings. The number of rotatable bonds is 6. The smallest absolute Gasteiger partial charge is 0.227 e. The van der Waals surface area contributed by atoms with E-state index in [9.17, 15) is 8.42 Å². The number of nitrogens with one attached hydrogen (secondary N) is 1. The normalized spacial score (nSPS) is 19.3. The van der Waals surface area contributed by atoms with E-state index in [0.717, 1.165) is 56.3 Å². The Labute approximate surface area is 183 Å². The van der Waals surface area contributed by atoms with Crippen molar-refractivity contribution in [1.82, 2.24) is 19.2 Å². The molecule has 164 valence electrons.